The molecule has 3 aromatic carbocycles. The summed E-state index contributed by atoms with van der Waals surface area (Å²) in [6.45, 7) is 5.34. The summed E-state index contributed by atoms with van der Waals surface area (Å²) in [5.41, 5.74) is 2.77. The minimum Gasteiger partial charge on any atom is -0.481 e. The van der Waals surface area contributed by atoms with E-state index in [2.05, 4.69) is 10.0 Å². The number of sulfonamides is 1. The zero-order chi connectivity index (χ0) is 22.6. The number of amides is 1. The highest BCUT2D eigenvalue weighted by Gasteiger charge is 2.18. The molecule has 0 saturated carbocycles. The summed E-state index contributed by atoms with van der Waals surface area (Å²) >= 11 is 5.92. The number of carbonyl (C=O) groups excluding carboxylic acids is 1. The van der Waals surface area contributed by atoms with Gasteiger partial charge in [-0.05, 0) is 80.4 Å². The fraction of sp³-hybridized carbons (Fsp3) is 0.174. The molecule has 3 rings (SSSR count). The summed E-state index contributed by atoms with van der Waals surface area (Å²) in [5, 5.41) is 3.22. The van der Waals surface area contributed by atoms with Crippen molar-refractivity contribution < 1.29 is 17.9 Å². The minimum atomic E-state index is -3.76. The first-order chi connectivity index (χ1) is 14.6. The van der Waals surface area contributed by atoms with E-state index in [1.807, 2.05) is 26.0 Å². The van der Waals surface area contributed by atoms with Crippen molar-refractivity contribution in [1.82, 2.24) is 0 Å². The number of halogens is 1. The first-order valence-corrected chi connectivity index (χ1v) is 11.4. The van der Waals surface area contributed by atoms with Gasteiger partial charge in [0.05, 0.1) is 10.6 Å². The van der Waals surface area contributed by atoms with Crippen LogP contribution in [0.4, 0.5) is 11.4 Å². The Hall–Kier alpha value is -3.03. The maximum atomic E-state index is 12.7. The Balaban J connectivity index is 1.66. The van der Waals surface area contributed by atoms with Gasteiger partial charge in [-0.2, -0.15) is 0 Å². The monoisotopic (exact) mass is 458 g/mol. The molecule has 6 nitrogen and oxygen atoms in total. The van der Waals surface area contributed by atoms with Gasteiger partial charge in [0.15, 0.2) is 6.10 Å². The van der Waals surface area contributed by atoms with Gasteiger partial charge in [-0.15, -0.1) is 0 Å². The molecule has 0 saturated heterocycles. The van der Waals surface area contributed by atoms with Gasteiger partial charge in [0.1, 0.15) is 5.75 Å². The fourth-order valence-corrected chi connectivity index (χ4v) is 4.11. The lowest BCUT2D eigenvalue weighted by molar-refractivity contribution is -0.122. The molecule has 0 spiro atoms. The molecular weight excluding hydrogens is 436 g/mol. The number of ether oxygens (including phenoxy) is 1. The van der Waals surface area contributed by atoms with Crippen molar-refractivity contribution in [2.45, 2.75) is 31.8 Å². The van der Waals surface area contributed by atoms with E-state index in [4.69, 9.17) is 16.3 Å². The van der Waals surface area contributed by atoms with E-state index < -0.39 is 16.1 Å². The van der Waals surface area contributed by atoms with E-state index in [1.54, 1.807) is 37.3 Å². The molecule has 3 aromatic rings. The molecule has 0 radical (unpaired) electrons. The SMILES string of the molecule is Cc1ccc(C)c(NS(=O)(=O)c2ccc(NC(=O)[C@H](C)Oc3cccc(Cl)c3)cc2)c1. The van der Waals surface area contributed by atoms with Gasteiger partial charge in [0.25, 0.3) is 15.9 Å². The van der Waals surface area contributed by atoms with Crippen molar-refractivity contribution in [3.63, 3.8) is 0 Å². The Bertz CT molecular complexity index is 1190. The number of nitrogens with one attached hydrogen (secondary N) is 2. The lowest BCUT2D eigenvalue weighted by Gasteiger charge is -2.15. The molecule has 1 amide bonds. The summed E-state index contributed by atoms with van der Waals surface area (Å²) in [6.07, 6.45) is -0.771. The highest BCUT2D eigenvalue weighted by molar-refractivity contribution is 7.92. The Morgan fingerprint density at radius 3 is 2.39 bits per heavy atom. The van der Waals surface area contributed by atoms with Crippen LogP contribution in [0.15, 0.2) is 71.6 Å². The highest BCUT2D eigenvalue weighted by Crippen LogP contribution is 2.23. The zero-order valence-electron chi connectivity index (χ0n) is 17.3. The quantitative estimate of drug-likeness (QED) is 0.512. The molecule has 1 atom stereocenters. The zero-order valence-corrected chi connectivity index (χ0v) is 18.9. The summed E-state index contributed by atoms with van der Waals surface area (Å²) in [4.78, 5) is 12.5. The molecular formula is C23H23ClN2O4S. The molecule has 0 unspecified atom stereocenters. The Morgan fingerprint density at radius 2 is 1.71 bits per heavy atom. The van der Waals surface area contributed by atoms with Crippen molar-refractivity contribution in [3.8, 4) is 5.75 Å². The normalized spacial score (nSPS) is 12.1. The first-order valence-electron chi connectivity index (χ1n) is 9.57. The smallest absolute Gasteiger partial charge is 0.265 e. The maximum Gasteiger partial charge on any atom is 0.265 e. The first kappa shape index (κ1) is 22.7. The van der Waals surface area contributed by atoms with E-state index in [0.717, 1.165) is 11.1 Å². The lowest BCUT2D eigenvalue weighted by Crippen LogP contribution is -2.30. The predicted molar refractivity (Wildman–Crippen MR) is 123 cm³/mol. The number of hydrogen-bond acceptors (Lipinski definition) is 4. The van der Waals surface area contributed by atoms with Crippen molar-refractivity contribution in [3.05, 3.63) is 82.9 Å². The topological polar surface area (TPSA) is 84.5 Å². The highest BCUT2D eigenvalue weighted by atomic mass is 35.5. The summed E-state index contributed by atoms with van der Waals surface area (Å²) in [6, 6.07) is 18.3. The largest absolute Gasteiger partial charge is 0.481 e. The van der Waals surface area contributed by atoms with Crippen LogP contribution in [0.1, 0.15) is 18.1 Å². The molecule has 162 valence electrons. The average Bonchev–Trinajstić information content (AvgIpc) is 2.71. The van der Waals surface area contributed by atoms with Crippen LogP contribution in [0.25, 0.3) is 0 Å². The van der Waals surface area contributed by atoms with Crippen molar-refractivity contribution in [2.75, 3.05) is 10.0 Å². The molecule has 0 bridgehead atoms. The number of aryl methyl sites for hydroxylation is 2. The molecule has 0 aliphatic carbocycles. The standard InChI is InChI=1S/C23H23ClN2O4S/c1-15-7-8-16(2)22(13-15)26-31(28,29)21-11-9-19(10-12-21)25-23(27)17(3)30-20-6-4-5-18(24)14-20/h4-14,17,26H,1-3H3,(H,25,27)/t17-/m0/s1. The number of hydrogen-bond donors (Lipinski definition) is 2. The van der Waals surface area contributed by atoms with E-state index >= 15 is 0 Å². The van der Waals surface area contributed by atoms with Gasteiger partial charge in [-0.25, -0.2) is 8.42 Å². The van der Waals surface area contributed by atoms with Gasteiger partial charge in [-0.1, -0.05) is 29.8 Å². The van der Waals surface area contributed by atoms with Crippen LogP contribution >= 0.6 is 11.6 Å². The molecule has 8 heteroatoms. The van der Waals surface area contributed by atoms with Crippen LogP contribution < -0.4 is 14.8 Å². The molecule has 0 aromatic heterocycles. The summed E-state index contributed by atoms with van der Waals surface area (Å²) in [5.74, 6) is 0.109. The van der Waals surface area contributed by atoms with Gasteiger partial charge in [0, 0.05) is 10.7 Å². The van der Waals surface area contributed by atoms with Crippen LogP contribution in [-0.2, 0) is 14.8 Å². The predicted octanol–water partition coefficient (Wildman–Crippen LogP) is 5.16. The molecule has 0 aliphatic heterocycles. The number of benzene rings is 3. The van der Waals surface area contributed by atoms with Gasteiger partial charge >= 0.3 is 0 Å². The lowest BCUT2D eigenvalue weighted by atomic mass is 10.1. The number of anilines is 2. The van der Waals surface area contributed by atoms with Crippen molar-refractivity contribution >= 4 is 38.9 Å². The van der Waals surface area contributed by atoms with Crippen LogP contribution in [0.2, 0.25) is 5.02 Å². The van der Waals surface area contributed by atoms with Crippen LogP contribution in [0, 0.1) is 13.8 Å². The van der Waals surface area contributed by atoms with Crippen LogP contribution in [0.5, 0.6) is 5.75 Å². The number of carbonyl (C=O) groups is 1. The fourth-order valence-electron chi connectivity index (χ4n) is 2.81. The van der Waals surface area contributed by atoms with Crippen LogP contribution in [0.3, 0.4) is 0 Å². The third-order valence-corrected chi connectivity index (χ3v) is 6.16. The Kier molecular flexibility index (Phi) is 6.87. The Labute approximate surface area is 187 Å². The van der Waals surface area contributed by atoms with Gasteiger partial charge in [-0.3, -0.25) is 9.52 Å². The van der Waals surface area contributed by atoms with Gasteiger partial charge < -0.3 is 10.1 Å². The summed E-state index contributed by atoms with van der Waals surface area (Å²) in [7, 11) is -3.76. The van der Waals surface area contributed by atoms with E-state index in [0.29, 0.717) is 22.1 Å². The second kappa shape index (κ2) is 9.41. The van der Waals surface area contributed by atoms with Crippen molar-refractivity contribution in [2.24, 2.45) is 0 Å². The molecule has 0 fully saturated rings. The molecule has 0 heterocycles. The second-order valence-corrected chi connectivity index (χ2v) is 9.27. The average molecular weight is 459 g/mol. The molecule has 31 heavy (non-hydrogen) atoms. The maximum absolute atomic E-state index is 12.7. The third kappa shape index (κ3) is 5.99. The molecule has 0 aliphatic rings. The van der Waals surface area contributed by atoms with E-state index in [-0.39, 0.29) is 10.8 Å². The Morgan fingerprint density at radius 1 is 1.00 bits per heavy atom. The van der Waals surface area contributed by atoms with E-state index in [9.17, 15) is 13.2 Å². The number of rotatable bonds is 7. The van der Waals surface area contributed by atoms with Crippen molar-refractivity contribution in [1.29, 1.82) is 0 Å². The molecule has 2 N–H and O–H groups in total. The minimum absolute atomic E-state index is 0.0923. The third-order valence-electron chi connectivity index (χ3n) is 4.55. The second-order valence-electron chi connectivity index (χ2n) is 7.15. The van der Waals surface area contributed by atoms with Gasteiger partial charge in [0.2, 0.25) is 0 Å². The van der Waals surface area contributed by atoms with Crippen LogP contribution in [-0.4, -0.2) is 20.4 Å². The summed E-state index contributed by atoms with van der Waals surface area (Å²) < 4.78 is 33.6. The van der Waals surface area contributed by atoms with E-state index in [1.165, 1.54) is 24.3 Å².